The Balaban J connectivity index is 1.67. The molecule has 144 valence electrons. The number of methoxy groups -OCH3 is 1. The van der Waals surface area contributed by atoms with Gasteiger partial charge in [-0.25, -0.2) is 4.98 Å². The van der Waals surface area contributed by atoms with E-state index in [0.29, 0.717) is 34.5 Å². The number of nitrogens with one attached hydrogen (secondary N) is 2. The second-order valence-corrected chi connectivity index (χ2v) is 6.24. The van der Waals surface area contributed by atoms with Crippen molar-refractivity contribution < 1.29 is 18.7 Å². The molecule has 7 heteroatoms. The van der Waals surface area contributed by atoms with Crippen LogP contribution in [0.5, 0.6) is 5.75 Å². The minimum atomic E-state index is -0.208. The molecule has 2 aromatic carbocycles. The number of benzene rings is 2. The molecule has 3 rings (SSSR count). The van der Waals surface area contributed by atoms with Crippen molar-refractivity contribution in [3.05, 3.63) is 60.0 Å². The molecule has 0 unspecified atom stereocenters. The van der Waals surface area contributed by atoms with E-state index in [-0.39, 0.29) is 18.2 Å². The first-order valence-corrected chi connectivity index (χ1v) is 8.73. The van der Waals surface area contributed by atoms with E-state index in [2.05, 4.69) is 15.6 Å². The van der Waals surface area contributed by atoms with E-state index in [1.165, 1.54) is 6.92 Å². The van der Waals surface area contributed by atoms with Crippen LogP contribution in [0.3, 0.4) is 0 Å². The number of carbonyl (C=O) groups is 2. The molecule has 0 aliphatic carbocycles. The summed E-state index contributed by atoms with van der Waals surface area (Å²) in [6, 6.07) is 14.3. The van der Waals surface area contributed by atoms with Crippen molar-refractivity contribution in [3.8, 4) is 17.2 Å². The summed E-state index contributed by atoms with van der Waals surface area (Å²) in [6.07, 6.45) is 0.0900. The van der Waals surface area contributed by atoms with Gasteiger partial charge in [0, 0.05) is 23.9 Å². The molecule has 2 amide bonds. The minimum Gasteiger partial charge on any atom is -0.497 e. The van der Waals surface area contributed by atoms with E-state index in [4.69, 9.17) is 9.15 Å². The molecule has 1 aromatic heterocycles. The summed E-state index contributed by atoms with van der Waals surface area (Å²) >= 11 is 0. The van der Waals surface area contributed by atoms with Crippen molar-refractivity contribution in [3.63, 3.8) is 0 Å². The van der Waals surface area contributed by atoms with Crippen molar-refractivity contribution in [2.75, 3.05) is 17.7 Å². The Kier molecular flexibility index (Phi) is 5.74. The summed E-state index contributed by atoms with van der Waals surface area (Å²) in [5.74, 6) is 1.38. The minimum absolute atomic E-state index is 0.0900. The summed E-state index contributed by atoms with van der Waals surface area (Å²) in [6.45, 7) is 3.22. The number of anilines is 2. The standard InChI is InChI=1S/C21H21N3O4/c1-13-19(24-21(28-13)15-5-4-6-18(11-15)27-3)12-20(26)23-17-9-7-16(8-10-17)22-14(2)25/h4-11H,12H2,1-3H3,(H,22,25)(H,23,26). The van der Waals surface area contributed by atoms with E-state index < -0.39 is 0 Å². The van der Waals surface area contributed by atoms with Crippen LogP contribution in [-0.4, -0.2) is 23.9 Å². The molecule has 0 radical (unpaired) electrons. The molecule has 2 N–H and O–H groups in total. The molecule has 0 saturated heterocycles. The lowest BCUT2D eigenvalue weighted by Gasteiger charge is -2.06. The van der Waals surface area contributed by atoms with Crippen LogP contribution in [0.2, 0.25) is 0 Å². The molecule has 0 atom stereocenters. The van der Waals surface area contributed by atoms with Gasteiger partial charge in [-0.3, -0.25) is 9.59 Å². The van der Waals surface area contributed by atoms with Crippen LogP contribution in [0.25, 0.3) is 11.5 Å². The summed E-state index contributed by atoms with van der Waals surface area (Å²) < 4.78 is 10.9. The first-order valence-electron chi connectivity index (χ1n) is 8.73. The van der Waals surface area contributed by atoms with Gasteiger partial charge in [0.15, 0.2) is 0 Å². The van der Waals surface area contributed by atoms with Crippen LogP contribution in [0.4, 0.5) is 11.4 Å². The third-order valence-corrected chi connectivity index (χ3v) is 4.03. The lowest BCUT2D eigenvalue weighted by molar-refractivity contribution is -0.116. The number of hydrogen-bond acceptors (Lipinski definition) is 5. The van der Waals surface area contributed by atoms with Gasteiger partial charge in [-0.2, -0.15) is 0 Å². The monoisotopic (exact) mass is 379 g/mol. The van der Waals surface area contributed by atoms with Crippen LogP contribution in [0, 0.1) is 6.92 Å². The smallest absolute Gasteiger partial charge is 0.230 e. The highest BCUT2D eigenvalue weighted by atomic mass is 16.5. The maximum Gasteiger partial charge on any atom is 0.230 e. The van der Waals surface area contributed by atoms with Gasteiger partial charge in [0.05, 0.1) is 19.2 Å². The van der Waals surface area contributed by atoms with Gasteiger partial charge >= 0.3 is 0 Å². The molecule has 0 saturated carbocycles. The zero-order valence-electron chi connectivity index (χ0n) is 15.9. The van der Waals surface area contributed by atoms with Crippen molar-refractivity contribution in [1.29, 1.82) is 0 Å². The molecule has 0 bridgehead atoms. The maximum atomic E-state index is 12.4. The fourth-order valence-electron chi connectivity index (χ4n) is 2.67. The Hall–Kier alpha value is -3.61. The van der Waals surface area contributed by atoms with Crippen LogP contribution >= 0.6 is 0 Å². The van der Waals surface area contributed by atoms with Crippen LogP contribution in [0.1, 0.15) is 18.4 Å². The SMILES string of the molecule is COc1cccc(-c2nc(CC(=O)Nc3ccc(NC(C)=O)cc3)c(C)o2)c1. The highest BCUT2D eigenvalue weighted by molar-refractivity contribution is 5.93. The number of ether oxygens (including phenoxy) is 1. The quantitative estimate of drug-likeness (QED) is 0.679. The van der Waals surface area contributed by atoms with E-state index in [0.717, 1.165) is 5.56 Å². The molecule has 28 heavy (non-hydrogen) atoms. The topological polar surface area (TPSA) is 93.5 Å². The third-order valence-electron chi connectivity index (χ3n) is 4.03. The summed E-state index contributed by atoms with van der Waals surface area (Å²) in [5, 5.41) is 5.49. The number of amides is 2. The number of oxazole rings is 1. The number of rotatable bonds is 6. The molecule has 0 fully saturated rings. The van der Waals surface area contributed by atoms with Crippen LogP contribution in [-0.2, 0) is 16.0 Å². The summed E-state index contributed by atoms with van der Waals surface area (Å²) in [7, 11) is 1.60. The Morgan fingerprint density at radius 1 is 1.07 bits per heavy atom. The second-order valence-electron chi connectivity index (χ2n) is 6.24. The van der Waals surface area contributed by atoms with Crippen molar-refractivity contribution in [1.82, 2.24) is 4.98 Å². The maximum absolute atomic E-state index is 12.4. The fraction of sp³-hybridized carbons (Fsp3) is 0.190. The van der Waals surface area contributed by atoms with Gasteiger partial charge in [0.25, 0.3) is 0 Å². The Morgan fingerprint density at radius 2 is 1.75 bits per heavy atom. The zero-order valence-corrected chi connectivity index (χ0v) is 15.9. The lowest BCUT2D eigenvalue weighted by Crippen LogP contribution is -2.15. The van der Waals surface area contributed by atoms with Crippen LogP contribution < -0.4 is 15.4 Å². The van der Waals surface area contributed by atoms with Crippen molar-refractivity contribution in [2.24, 2.45) is 0 Å². The van der Waals surface area contributed by atoms with E-state index in [1.54, 1.807) is 38.3 Å². The lowest BCUT2D eigenvalue weighted by atomic mass is 10.2. The largest absolute Gasteiger partial charge is 0.497 e. The number of hydrogen-bond donors (Lipinski definition) is 2. The predicted octanol–water partition coefficient (Wildman–Crippen LogP) is 3.80. The normalized spacial score (nSPS) is 10.4. The number of aromatic nitrogens is 1. The van der Waals surface area contributed by atoms with E-state index in [1.807, 2.05) is 24.3 Å². The number of aryl methyl sites for hydroxylation is 1. The molecular weight excluding hydrogens is 358 g/mol. The number of carbonyl (C=O) groups excluding carboxylic acids is 2. The predicted molar refractivity (Wildman–Crippen MR) is 106 cm³/mol. The Bertz CT molecular complexity index is 993. The fourth-order valence-corrected chi connectivity index (χ4v) is 2.67. The first kappa shape index (κ1) is 19.2. The third kappa shape index (κ3) is 4.76. The highest BCUT2D eigenvalue weighted by Crippen LogP contribution is 2.25. The van der Waals surface area contributed by atoms with E-state index in [9.17, 15) is 9.59 Å². The average molecular weight is 379 g/mol. The Labute approximate surface area is 162 Å². The summed E-state index contributed by atoms with van der Waals surface area (Å²) in [5.41, 5.74) is 2.65. The van der Waals surface area contributed by atoms with Crippen molar-refractivity contribution >= 4 is 23.2 Å². The average Bonchev–Trinajstić information content (AvgIpc) is 3.03. The zero-order chi connectivity index (χ0) is 20.1. The molecule has 1 heterocycles. The number of nitrogens with zero attached hydrogens (tertiary/aromatic N) is 1. The molecular formula is C21H21N3O4. The van der Waals surface area contributed by atoms with Gasteiger partial charge in [0.1, 0.15) is 11.5 Å². The van der Waals surface area contributed by atoms with Gasteiger partial charge in [0.2, 0.25) is 17.7 Å². The van der Waals surface area contributed by atoms with Gasteiger partial charge < -0.3 is 19.8 Å². The van der Waals surface area contributed by atoms with Crippen LogP contribution in [0.15, 0.2) is 52.9 Å². The molecule has 0 aliphatic heterocycles. The van der Waals surface area contributed by atoms with Gasteiger partial charge in [-0.15, -0.1) is 0 Å². The Morgan fingerprint density at radius 3 is 2.39 bits per heavy atom. The summed E-state index contributed by atoms with van der Waals surface area (Å²) in [4.78, 5) is 27.9. The van der Waals surface area contributed by atoms with E-state index >= 15 is 0 Å². The first-order chi connectivity index (χ1) is 13.4. The van der Waals surface area contributed by atoms with Crippen molar-refractivity contribution in [2.45, 2.75) is 20.3 Å². The highest BCUT2D eigenvalue weighted by Gasteiger charge is 2.15. The molecule has 0 spiro atoms. The second kappa shape index (κ2) is 8.39. The molecule has 3 aromatic rings. The van der Waals surface area contributed by atoms with Gasteiger partial charge in [-0.1, -0.05) is 6.07 Å². The molecule has 7 nitrogen and oxygen atoms in total. The van der Waals surface area contributed by atoms with Gasteiger partial charge in [-0.05, 0) is 49.4 Å². The molecule has 0 aliphatic rings.